The smallest absolute Gasteiger partial charge is 0.365 e. The summed E-state index contributed by atoms with van der Waals surface area (Å²) in [5, 5.41) is 0. The second-order valence-electron chi connectivity index (χ2n) is 7.87. The van der Waals surface area contributed by atoms with Crippen molar-refractivity contribution in [3.63, 3.8) is 0 Å². The van der Waals surface area contributed by atoms with Crippen molar-refractivity contribution < 1.29 is 17.9 Å². The molecule has 0 amide bonds. The molecule has 160 valence electrons. The highest BCUT2D eigenvalue weighted by Crippen LogP contribution is 2.32. The lowest BCUT2D eigenvalue weighted by atomic mass is 10.0. The molecule has 2 aliphatic rings. The first-order chi connectivity index (χ1) is 13.9. The van der Waals surface area contributed by atoms with Crippen LogP contribution in [0.2, 0.25) is 0 Å². The van der Waals surface area contributed by atoms with E-state index < -0.39 is 11.7 Å². The van der Waals surface area contributed by atoms with Gasteiger partial charge in [-0.3, -0.25) is 9.80 Å². The van der Waals surface area contributed by atoms with Crippen LogP contribution in [0.3, 0.4) is 0 Å². The highest BCUT2D eigenvalue weighted by molar-refractivity contribution is 5.29. The van der Waals surface area contributed by atoms with Crippen molar-refractivity contribution in [2.24, 2.45) is 0 Å². The summed E-state index contributed by atoms with van der Waals surface area (Å²) in [6, 6.07) is 5.84. The predicted octanol–water partition coefficient (Wildman–Crippen LogP) is 2.94. The molecule has 0 atom stereocenters. The zero-order chi connectivity index (χ0) is 20.7. The topological polar surface area (TPSA) is 19.0 Å². The number of likely N-dealkylation sites (tertiary alicyclic amines) is 1. The molecule has 2 heterocycles. The van der Waals surface area contributed by atoms with Gasteiger partial charge in [-0.25, -0.2) is 0 Å². The number of piperidine rings is 1. The van der Waals surface area contributed by atoms with Gasteiger partial charge in [-0.05, 0) is 31.5 Å². The van der Waals surface area contributed by atoms with Gasteiger partial charge in [-0.15, -0.1) is 0 Å². The Balaban J connectivity index is 1.36. The molecule has 29 heavy (non-hydrogen) atoms. The maximum absolute atomic E-state index is 13.1. The van der Waals surface area contributed by atoms with E-state index in [4.69, 9.17) is 4.74 Å². The Hall–Kier alpha value is -1.59. The van der Waals surface area contributed by atoms with Gasteiger partial charge in [0.2, 0.25) is 0 Å². The molecule has 7 heteroatoms. The van der Waals surface area contributed by atoms with Gasteiger partial charge in [0.15, 0.2) is 0 Å². The molecule has 0 saturated carbocycles. The van der Waals surface area contributed by atoms with E-state index in [9.17, 15) is 13.2 Å². The lowest BCUT2D eigenvalue weighted by molar-refractivity contribution is -0.138. The van der Waals surface area contributed by atoms with Crippen molar-refractivity contribution in [3.05, 3.63) is 35.4 Å². The van der Waals surface area contributed by atoms with E-state index in [0.29, 0.717) is 18.7 Å². The molecule has 0 aliphatic carbocycles. The van der Waals surface area contributed by atoms with Crippen LogP contribution in [0.15, 0.2) is 24.3 Å². The Labute approximate surface area is 171 Å². The summed E-state index contributed by atoms with van der Waals surface area (Å²) in [7, 11) is 2.14. The number of hydrogen-bond donors (Lipinski definition) is 0. The molecule has 1 aromatic rings. The van der Waals surface area contributed by atoms with E-state index in [1.54, 1.807) is 12.1 Å². The molecule has 2 fully saturated rings. The van der Waals surface area contributed by atoms with Crippen LogP contribution in [-0.4, -0.2) is 80.3 Å². The number of piperazine rings is 1. The number of alkyl halides is 3. The molecular weight excluding hydrogens is 379 g/mol. The fourth-order valence-corrected chi connectivity index (χ4v) is 3.79. The second kappa shape index (κ2) is 10.4. The van der Waals surface area contributed by atoms with Crippen molar-refractivity contribution in [2.75, 3.05) is 59.5 Å². The van der Waals surface area contributed by atoms with Crippen molar-refractivity contribution in [2.45, 2.75) is 31.7 Å². The van der Waals surface area contributed by atoms with Gasteiger partial charge < -0.3 is 9.64 Å². The van der Waals surface area contributed by atoms with E-state index in [1.807, 2.05) is 0 Å². The lowest BCUT2D eigenvalue weighted by Crippen LogP contribution is -2.44. The molecule has 3 rings (SSSR count). The number of nitrogens with zero attached hydrogens (tertiary/aromatic N) is 3. The van der Waals surface area contributed by atoms with Gasteiger partial charge in [0, 0.05) is 45.8 Å². The zero-order valence-corrected chi connectivity index (χ0v) is 17.0. The standard InChI is InChI=1S/C22H30F3N3O/c1-26-13-15-27(16-14-26)10-4-5-17-29-20-8-11-28(12-9-20)18-19-6-2-3-7-21(19)22(23,24)25/h2-3,6-7,20H,8-18H2,1H3. The lowest BCUT2D eigenvalue weighted by Gasteiger charge is -2.32. The van der Waals surface area contributed by atoms with E-state index in [0.717, 1.165) is 64.7 Å². The summed E-state index contributed by atoms with van der Waals surface area (Å²) in [6.07, 6.45) is -2.51. The van der Waals surface area contributed by atoms with Crippen LogP contribution in [0, 0.1) is 11.8 Å². The fourth-order valence-electron chi connectivity index (χ4n) is 3.79. The van der Waals surface area contributed by atoms with Crippen LogP contribution in [0.5, 0.6) is 0 Å². The number of ether oxygens (including phenoxy) is 1. The Bertz CT molecular complexity index is 697. The number of benzene rings is 1. The number of rotatable bonds is 5. The molecule has 1 aromatic carbocycles. The summed E-state index contributed by atoms with van der Waals surface area (Å²) in [6.45, 7) is 7.31. The van der Waals surface area contributed by atoms with Crippen LogP contribution < -0.4 is 0 Å². The zero-order valence-electron chi connectivity index (χ0n) is 17.0. The third kappa shape index (κ3) is 7.00. The van der Waals surface area contributed by atoms with Gasteiger partial charge >= 0.3 is 6.18 Å². The molecule has 0 unspecified atom stereocenters. The Morgan fingerprint density at radius 1 is 0.966 bits per heavy atom. The molecule has 0 bridgehead atoms. The van der Waals surface area contributed by atoms with E-state index in [1.165, 1.54) is 6.07 Å². The maximum atomic E-state index is 13.1. The molecule has 0 spiro atoms. The highest BCUT2D eigenvalue weighted by atomic mass is 19.4. The van der Waals surface area contributed by atoms with Crippen LogP contribution in [0.1, 0.15) is 24.0 Å². The molecule has 2 aliphatic heterocycles. The largest absolute Gasteiger partial charge is 0.416 e. The first kappa shape index (κ1) is 22.1. The summed E-state index contributed by atoms with van der Waals surface area (Å²) >= 11 is 0. The molecule has 0 N–H and O–H groups in total. The second-order valence-corrected chi connectivity index (χ2v) is 7.87. The van der Waals surface area contributed by atoms with Crippen molar-refractivity contribution in [3.8, 4) is 11.8 Å². The maximum Gasteiger partial charge on any atom is 0.416 e. The Morgan fingerprint density at radius 2 is 1.66 bits per heavy atom. The average Bonchev–Trinajstić information content (AvgIpc) is 2.70. The van der Waals surface area contributed by atoms with Crippen molar-refractivity contribution in [1.82, 2.24) is 14.7 Å². The van der Waals surface area contributed by atoms with Crippen LogP contribution in [-0.2, 0) is 17.5 Å². The molecule has 4 nitrogen and oxygen atoms in total. The highest BCUT2D eigenvalue weighted by Gasteiger charge is 2.33. The minimum atomic E-state index is -4.30. The molecular formula is C22H30F3N3O. The van der Waals surface area contributed by atoms with E-state index in [2.05, 4.69) is 33.6 Å². The van der Waals surface area contributed by atoms with Gasteiger partial charge in [0.25, 0.3) is 0 Å². The SMILES string of the molecule is CN1CCN(CC#CCOC2CCN(Cc3ccccc3C(F)(F)F)CC2)CC1. The monoisotopic (exact) mass is 409 g/mol. The average molecular weight is 409 g/mol. The molecule has 0 radical (unpaired) electrons. The Morgan fingerprint density at radius 3 is 2.34 bits per heavy atom. The quantitative estimate of drug-likeness (QED) is 0.696. The number of likely N-dealkylation sites (N-methyl/N-ethyl adjacent to an activating group) is 1. The van der Waals surface area contributed by atoms with Gasteiger partial charge in [0.05, 0.1) is 18.2 Å². The third-order valence-electron chi connectivity index (χ3n) is 5.67. The summed E-state index contributed by atoms with van der Waals surface area (Å²) in [5.41, 5.74) is -0.192. The predicted molar refractivity (Wildman–Crippen MR) is 107 cm³/mol. The summed E-state index contributed by atoms with van der Waals surface area (Å²) < 4.78 is 45.3. The minimum absolute atomic E-state index is 0.141. The normalized spacial score (nSPS) is 20.4. The molecule has 2 saturated heterocycles. The van der Waals surface area contributed by atoms with Crippen LogP contribution in [0.25, 0.3) is 0 Å². The van der Waals surface area contributed by atoms with E-state index >= 15 is 0 Å². The van der Waals surface area contributed by atoms with Crippen molar-refractivity contribution >= 4 is 0 Å². The number of halogens is 3. The Kier molecular flexibility index (Phi) is 7.96. The van der Waals surface area contributed by atoms with Crippen molar-refractivity contribution in [1.29, 1.82) is 0 Å². The summed E-state index contributed by atoms with van der Waals surface area (Å²) in [5.74, 6) is 6.29. The van der Waals surface area contributed by atoms with Gasteiger partial charge in [-0.2, -0.15) is 13.2 Å². The van der Waals surface area contributed by atoms with Gasteiger partial charge in [0.1, 0.15) is 6.61 Å². The van der Waals surface area contributed by atoms with Crippen LogP contribution in [0.4, 0.5) is 13.2 Å². The first-order valence-corrected chi connectivity index (χ1v) is 10.3. The third-order valence-corrected chi connectivity index (χ3v) is 5.67. The fraction of sp³-hybridized carbons (Fsp3) is 0.636. The summed E-state index contributed by atoms with van der Waals surface area (Å²) in [4.78, 5) is 6.74. The minimum Gasteiger partial charge on any atom is -0.365 e. The van der Waals surface area contributed by atoms with Gasteiger partial charge in [-0.1, -0.05) is 30.0 Å². The number of hydrogen-bond acceptors (Lipinski definition) is 4. The van der Waals surface area contributed by atoms with E-state index in [-0.39, 0.29) is 6.10 Å². The first-order valence-electron chi connectivity index (χ1n) is 10.3. The van der Waals surface area contributed by atoms with Crippen LogP contribution >= 0.6 is 0 Å². The molecule has 0 aromatic heterocycles.